The Morgan fingerprint density at radius 1 is 1.22 bits per heavy atom. The van der Waals surface area contributed by atoms with Gasteiger partial charge in [0, 0.05) is 11.3 Å². The van der Waals surface area contributed by atoms with Crippen LogP contribution in [0.1, 0.15) is 6.42 Å². The molecule has 2 N–H and O–H groups in total. The number of nitrogens with zero attached hydrogens (tertiary/aromatic N) is 1. The Hall–Kier alpha value is -1.40. The first-order valence-electron chi connectivity index (χ1n) is 5.60. The molecular weight excluding hydrogens is 268 g/mol. The smallest absolute Gasteiger partial charge is 0.162 e. The molecule has 0 aliphatic carbocycles. The molecule has 1 aliphatic heterocycles. The van der Waals surface area contributed by atoms with Gasteiger partial charge in [-0.05, 0) is 18.2 Å². The zero-order valence-electron chi connectivity index (χ0n) is 9.59. The molecule has 0 bridgehead atoms. The molecule has 0 unspecified atom stereocenters. The predicted octanol–water partition coefficient (Wildman–Crippen LogP) is 3.04. The average molecular weight is 280 g/mol. The molecule has 1 aliphatic rings. The van der Waals surface area contributed by atoms with Crippen molar-refractivity contribution >= 4 is 28.1 Å². The summed E-state index contributed by atoms with van der Waals surface area (Å²) in [5, 5.41) is 0.729. The summed E-state index contributed by atoms with van der Waals surface area (Å²) in [7, 11) is 0. The molecule has 94 valence electrons. The first kappa shape index (κ1) is 11.7. The van der Waals surface area contributed by atoms with Crippen LogP contribution in [0.3, 0.4) is 0 Å². The first-order chi connectivity index (χ1) is 8.81. The molecule has 0 radical (unpaired) electrons. The summed E-state index contributed by atoms with van der Waals surface area (Å²) in [6.07, 6.45) is 2.59. The van der Waals surface area contributed by atoms with Gasteiger partial charge in [0.15, 0.2) is 15.8 Å². The van der Waals surface area contributed by atoms with Crippen molar-refractivity contribution in [2.45, 2.75) is 15.7 Å². The van der Waals surface area contributed by atoms with Crippen LogP contribution in [0.15, 0.2) is 33.6 Å². The van der Waals surface area contributed by atoms with Crippen molar-refractivity contribution in [3.05, 3.63) is 24.4 Å². The van der Waals surface area contributed by atoms with E-state index in [1.165, 1.54) is 11.3 Å². The number of hydrogen-bond acceptors (Lipinski definition) is 6. The molecule has 0 atom stereocenters. The van der Waals surface area contributed by atoms with Crippen LogP contribution >= 0.6 is 23.1 Å². The standard InChI is InChI=1S/C12H12N2O2S2/c13-11-7-14-12(18-11)17-8-2-3-9-10(6-8)16-5-1-4-15-9/h2-3,6-7H,1,4-5,13H2. The van der Waals surface area contributed by atoms with Crippen LogP contribution < -0.4 is 15.2 Å². The van der Waals surface area contributed by atoms with E-state index in [9.17, 15) is 0 Å². The van der Waals surface area contributed by atoms with Crippen LogP contribution in [-0.4, -0.2) is 18.2 Å². The van der Waals surface area contributed by atoms with E-state index in [1.54, 1.807) is 18.0 Å². The fourth-order valence-corrected chi connectivity index (χ4v) is 3.39. The fraction of sp³-hybridized carbons (Fsp3) is 0.250. The molecule has 1 aromatic heterocycles. The maximum atomic E-state index is 5.66. The normalized spacial score (nSPS) is 14.2. The molecule has 0 saturated heterocycles. The van der Waals surface area contributed by atoms with E-state index in [4.69, 9.17) is 15.2 Å². The van der Waals surface area contributed by atoms with Crippen molar-refractivity contribution in [1.29, 1.82) is 0 Å². The third-order valence-corrected chi connectivity index (χ3v) is 4.32. The summed E-state index contributed by atoms with van der Waals surface area (Å²) in [5.41, 5.74) is 5.66. The van der Waals surface area contributed by atoms with E-state index >= 15 is 0 Å². The van der Waals surface area contributed by atoms with Crippen LogP contribution in [0.5, 0.6) is 11.5 Å². The topological polar surface area (TPSA) is 57.4 Å². The number of nitrogens with two attached hydrogens (primary N) is 1. The molecular formula is C12H12N2O2S2. The SMILES string of the molecule is Nc1cnc(Sc2ccc3c(c2)OCCCO3)s1. The molecule has 0 fully saturated rings. The third kappa shape index (κ3) is 2.54. The van der Waals surface area contributed by atoms with E-state index in [0.29, 0.717) is 13.2 Å². The molecule has 2 aromatic rings. The number of ether oxygens (including phenoxy) is 2. The summed E-state index contributed by atoms with van der Waals surface area (Å²) < 4.78 is 12.2. The molecule has 18 heavy (non-hydrogen) atoms. The number of aromatic nitrogens is 1. The summed E-state index contributed by atoms with van der Waals surface area (Å²) in [5.74, 6) is 1.62. The monoisotopic (exact) mass is 280 g/mol. The highest BCUT2D eigenvalue weighted by Crippen LogP contribution is 2.38. The Balaban J connectivity index is 1.83. The average Bonchev–Trinajstić information content (AvgIpc) is 2.64. The number of hydrogen-bond donors (Lipinski definition) is 1. The summed E-state index contributed by atoms with van der Waals surface area (Å²) in [6, 6.07) is 5.94. The Morgan fingerprint density at radius 2 is 2.06 bits per heavy atom. The number of thiazole rings is 1. The minimum atomic E-state index is 0.700. The van der Waals surface area contributed by atoms with Gasteiger partial charge in [-0.2, -0.15) is 0 Å². The largest absolute Gasteiger partial charge is 0.490 e. The lowest BCUT2D eigenvalue weighted by molar-refractivity contribution is 0.297. The zero-order chi connectivity index (χ0) is 12.4. The molecule has 0 spiro atoms. The fourth-order valence-electron chi connectivity index (χ4n) is 1.62. The highest BCUT2D eigenvalue weighted by atomic mass is 32.2. The lowest BCUT2D eigenvalue weighted by Gasteiger charge is -2.08. The second-order valence-electron chi connectivity index (χ2n) is 3.79. The van der Waals surface area contributed by atoms with Crippen LogP contribution in [0, 0.1) is 0 Å². The van der Waals surface area contributed by atoms with Crippen molar-refractivity contribution in [3.63, 3.8) is 0 Å². The highest BCUT2D eigenvalue weighted by Gasteiger charge is 2.11. The zero-order valence-corrected chi connectivity index (χ0v) is 11.2. The van der Waals surface area contributed by atoms with Crippen molar-refractivity contribution < 1.29 is 9.47 Å². The molecule has 0 saturated carbocycles. The van der Waals surface area contributed by atoms with Gasteiger partial charge in [0.05, 0.1) is 19.4 Å². The molecule has 0 amide bonds. The van der Waals surface area contributed by atoms with Crippen molar-refractivity contribution in [3.8, 4) is 11.5 Å². The van der Waals surface area contributed by atoms with Gasteiger partial charge < -0.3 is 15.2 Å². The van der Waals surface area contributed by atoms with Gasteiger partial charge in [0.25, 0.3) is 0 Å². The number of fused-ring (bicyclic) bond motifs is 1. The lowest BCUT2D eigenvalue weighted by Crippen LogP contribution is -1.97. The number of anilines is 1. The minimum absolute atomic E-state index is 0.700. The Bertz CT molecular complexity index is 557. The summed E-state index contributed by atoms with van der Waals surface area (Å²) in [4.78, 5) is 5.30. The minimum Gasteiger partial charge on any atom is -0.490 e. The van der Waals surface area contributed by atoms with Crippen molar-refractivity contribution in [2.75, 3.05) is 18.9 Å². The molecule has 1 aromatic carbocycles. The first-order valence-corrected chi connectivity index (χ1v) is 7.23. The number of benzene rings is 1. The van der Waals surface area contributed by atoms with Crippen LogP contribution in [-0.2, 0) is 0 Å². The molecule has 3 rings (SSSR count). The van der Waals surface area contributed by atoms with Crippen LogP contribution in [0.4, 0.5) is 5.00 Å². The molecule has 2 heterocycles. The summed E-state index contributed by atoms with van der Waals surface area (Å²) >= 11 is 3.06. The number of rotatable bonds is 2. The van der Waals surface area contributed by atoms with Gasteiger partial charge in [0.2, 0.25) is 0 Å². The van der Waals surface area contributed by atoms with E-state index in [0.717, 1.165) is 32.2 Å². The van der Waals surface area contributed by atoms with E-state index < -0.39 is 0 Å². The predicted molar refractivity (Wildman–Crippen MR) is 72.7 cm³/mol. The van der Waals surface area contributed by atoms with Gasteiger partial charge in [-0.3, -0.25) is 0 Å². The van der Waals surface area contributed by atoms with E-state index in [-0.39, 0.29) is 0 Å². The Morgan fingerprint density at radius 3 is 2.83 bits per heavy atom. The van der Waals surface area contributed by atoms with Gasteiger partial charge in [0.1, 0.15) is 5.00 Å². The Labute approximate surface area is 113 Å². The van der Waals surface area contributed by atoms with Gasteiger partial charge >= 0.3 is 0 Å². The van der Waals surface area contributed by atoms with Gasteiger partial charge in [-0.25, -0.2) is 4.98 Å². The number of nitrogen functional groups attached to an aromatic ring is 1. The Kier molecular flexibility index (Phi) is 3.29. The summed E-state index contributed by atoms with van der Waals surface area (Å²) in [6.45, 7) is 1.41. The molecule has 4 nitrogen and oxygen atoms in total. The second-order valence-corrected chi connectivity index (χ2v) is 6.17. The third-order valence-electron chi connectivity index (χ3n) is 2.43. The van der Waals surface area contributed by atoms with Crippen LogP contribution in [0.25, 0.3) is 0 Å². The quantitative estimate of drug-likeness (QED) is 0.916. The maximum Gasteiger partial charge on any atom is 0.162 e. The lowest BCUT2D eigenvalue weighted by atomic mass is 10.3. The highest BCUT2D eigenvalue weighted by molar-refractivity contribution is 8.01. The van der Waals surface area contributed by atoms with Crippen molar-refractivity contribution in [1.82, 2.24) is 4.98 Å². The second kappa shape index (κ2) is 5.07. The van der Waals surface area contributed by atoms with Gasteiger partial charge in [-0.15, -0.1) is 0 Å². The molecule has 6 heteroatoms. The maximum absolute atomic E-state index is 5.66. The van der Waals surface area contributed by atoms with Crippen LogP contribution in [0.2, 0.25) is 0 Å². The van der Waals surface area contributed by atoms with E-state index in [1.807, 2.05) is 18.2 Å². The van der Waals surface area contributed by atoms with Gasteiger partial charge in [-0.1, -0.05) is 23.1 Å². The van der Waals surface area contributed by atoms with Crippen molar-refractivity contribution in [2.24, 2.45) is 0 Å². The van der Waals surface area contributed by atoms with E-state index in [2.05, 4.69) is 4.98 Å².